The summed E-state index contributed by atoms with van der Waals surface area (Å²) in [5, 5.41) is 0. The Morgan fingerprint density at radius 2 is 1.82 bits per heavy atom. The molecule has 0 N–H and O–H groups in total. The largest absolute Gasteiger partial charge is 0.448 e. The molecule has 1 aromatic carbocycles. The van der Waals surface area contributed by atoms with Gasteiger partial charge in [0.2, 0.25) is 0 Å². The van der Waals surface area contributed by atoms with Gasteiger partial charge >= 0.3 is 0 Å². The van der Waals surface area contributed by atoms with Gasteiger partial charge in [-0.1, -0.05) is 39.8 Å². The molecule has 1 heterocycles. The molecule has 2 nitrogen and oxygen atoms in total. The molecule has 1 aromatic heterocycles. The number of aromatic nitrogens is 1. The first-order valence-corrected chi connectivity index (χ1v) is 5.89. The minimum absolute atomic E-state index is 0.213. The average Bonchev–Trinajstić information content (AvgIpc) is 2.82. The van der Waals surface area contributed by atoms with Gasteiger partial charge in [-0.2, -0.15) is 0 Å². The molecule has 0 atom stereocenters. The SMILES string of the molecule is CC.CC(C)c1nc(-c2ccccc2F)co1. The summed E-state index contributed by atoms with van der Waals surface area (Å²) in [6.07, 6.45) is 1.49. The number of oxazole rings is 1. The van der Waals surface area contributed by atoms with E-state index in [1.807, 2.05) is 27.7 Å². The van der Waals surface area contributed by atoms with E-state index in [2.05, 4.69) is 4.98 Å². The highest BCUT2D eigenvalue weighted by Gasteiger charge is 2.11. The Balaban J connectivity index is 0.000000686. The number of hydrogen-bond acceptors (Lipinski definition) is 2. The van der Waals surface area contributed by atoms with E-state index < -0.39 is 0 Å². The normalized spacial score (nSPS) is 10.0. The van der Waals surface area contributed by atoms with Crippen LogP contribution in [0.25, 0.3) is 11.3 Å². The Kier molecular flexibility index (Phi) is 4.88. The molecular weight excluding hydrogens is 217 g/mol. The fourth-order valence-electron chi connectivity index (χ4n) is 1.35. The van der Waals surface area contributed by atoms with Crippen LogP contribution in [-0.2, 0) is 0 Å². The Hall–Kier alpha value is -1.64. The van der Waals surface area contributed by atoms with Crippen molar-refractivity contribution in [2.75, 3.05) is 0 Å². The lowest BCUT2D eigenvalue weighted by molar-refractivity contribution is 0.471. The smallest absolute Gasteiger partial charge is 0.197 e. The second-order valence-corrected chi connectivity index (χ2v) is 3.71. The average molecular weight is 235 g/mol. The van der Waals surface area contributed by atoms with Crippen LogP contribution in [0.2, 0.25) is 0 Å². The van der Waals surface area contributed by atoms with E-state index in [4.69, 9.17) is 4.42 Å². The molecule has 0 amide bonds. The minimum atomic E-state index is -0.277. The maximum Gasteiger partial charge on any atom is 0.197 e. The molecule has 0 unspecified atom stereocenters. The molecule has 0 aliphatic rings. The number of rotatable bonds is 2. The lowest BCUT2D eigenvalue weighted by atomic mass is 10.1. The van der Waals surface area contributed by atoms with Crippen LogP contribution in [0.5, 0.6) is 0 Å². The first-order valence-electron chi connectivity index (χ1n) is 5.89. The molecule has 0 radical (unpaired) electrons. The fraction of sp³-hybridized carbons (Fsp3) is 0.357. The van der Waals surface area contributed by atoms with Crippen LogP contribution in [0.4, 0.5) is 4.39 Å². The Labute approximate surface area is 101 Å². The summed E-state index contributed by atoms with van der Waals surface area (Å²) in [6.45, 7) is 7.97. The monoisotopic (exact) mass is 235 g/mol. The van der Waals surface area contributed by atoms with Crippen molar-refractivity contribution >= 4 is 0 Å². The molecule has 0 aliphatic carbocycles. The summed E-state index contributed by atoms with van der Waals surface area (Å²) in [5.41, 5.74) is 1.03. The zero-order valence-electron chi connectivity index (χ0n) is 10.7. The highest BCUT2D eigenvalue weighted by atomic mass is 19.1. The van der Waals surface area contributed by atoms with E-state index in [9.17, 15) is 4.39 Å². The van der Waals surface area contributed by atoms with Crippen molar-refractivity contribution in [3.8, 4) is 11.3 Å². The molecule has 2 rings (SSSR count). The van der Waals surface area contributed by atoms with Crippen LogP contribution >= 0.6 is 0 Å². The Morgan fingerprint density at radius 3 is 2.35 bits per heavy atom. The third kappa shape index (κ3) is 3.16. The minimum Gasteiger partial charge on any atom is -0.448 e. The van der Waals surface area contributed by atoms with Gasteiger partial charge in [0.05, 0.1) is 0 Å². The van der Waals surface area contributed by atoms with Gasteiger partial charge in [-0.25, -0.2) is 9.37 Å². The molecule has 92 valence electrons. The molecule has 0 saturated heterocycles. The van der Waals surface area contributed by atoms with Gasteiger partial charge in [0.1, 0.15) is 17.8 Å². The predicted molar refractivity (Wildman–Crippen MR) is 67.3 cm³/mol. The molecular formula is C14H18FNO. The standard InChI is InChI=1S/C12H12FNO.C2H6/c1-8(2)12-14-11(7-15-12)9-5-3-4-6-10(9)13;1-2/h3-8H,1-2H3;1-2H3. The van der Waals surface area contributed by atoms with Gasteiger partial charge in [0.15, 0.2) is 5.89 Å². The zero-order valence-corrected chi connectivity index (χ0v) is 10.7. The topological polar surface area (TPSA) is 26.0 Å². The molecule has 0 bridgehead atoms. The van der Waals surface area contributed by atoms with Crippen molar-refractivity contribution in [3.05, 3.63) is 42.2 Å². The van der Waals surface area contributed by atoms with Crippen molar-refractivity contribution < 1.29 is 8.81 Å². The number of halogens is 1. The molecule has 0 spiro atoms. The summed E-state index contributed by atoms with van der Waals surface area (Å²) in [6, 6.07) is 6.54. The lowest BCUT2D eigenvalue weighted by Gasteiger charge is -1.97. The van der Waals surface area contributed by atoms with E-state index in [-0.39, 0.29) is 11.7 Å². The predicted octanol–water partition coefficient (Wildman–Crippen LogP) is 4.63. The van der Waals surface area contributed by atoms with Crippen LogP contribution in [0.15, 0.2) is 34.9 Å². The van der Waals surface area contributed by atoms with Crippen molar-refractivity contribution in [2.45, 2.75) is 33.6 Å². The quantitative estimate of drug-likeness (QED) is 0.758. The van der Waals surface area contributed by atoms with Gasteiger partial charge in [-0.05, 0) is 12.1 Å². The van der Waals surface area contributed by atoms with E-state index in [0.717, 1.165) is 0 Å². The van der Waals surface area contributed by atoms with Crippen LogP contribution in [0.3, 0.4) is 0 Å². The number of benzene rings is 1. The number of hydrogen-bond donors (Lipinski definition) is 0. The molecule has 0 fully saturated rings. The second kappa shape index (κ2) is 6.18. The zero-order chi connectivity index (χ0) is 12.8. The highest BCUT2D eigenvalue weighted by molar-refractivity contribution is 5.58. The summed E-state index contributed by atoms with van der Waals surface area (Å²) < 4.78 is 18.7. The van der Waals surface area contributed by atoms with Gasteiger partial charge in [0, 0.05) is 11.5 Å². The third-order valence-corrected chi connectivity index (χ3v) is 2.17. The first kappa shape index (κ1) is 13.4. The molecule has 2 aromatic rings. The second-order valence-electron chi connectivity index (χ2n) is 3.71. The maximum absolute atomic E-state index is 13.4. The number of nitrogens with zero attached hydrogens (tertiary/aromatic N) is 1. The van der Waals surface area contributed by atoms with E-state index in [1.54, 1.807) is 18.2 Å². The highest BCUT2D eigenvalue weighted by Crippen LogP contribution is 2.24. The van der Waals surface area contributed by atoms with Crippen molar-refractivity contribution in [2.24, 2.45) is 0 Å². The lowest BCUT2D eigenvalue weighted by Crippen LogP contribution is -1.88. The molecule has 17 heavy (non-hydrogen) atoms. The summed E-state index contributed by atoms with van der Waals surface area (Å²) in [5.74, 6) is 0.569. The van der Waals surface area contributed by atoms with Gasteiger partial charge in [-0.3, -0.25) is 0 Å². The van der Waals surface area contributed by atoms with E-state index in [1.165, 1.54) is 12.3 Å². The fourth-order valence-corrected chi connectivity index (χ4v) is 1.35. The summed E-state index contributed by atoms with van der Waals surface area (Å²) in [4.78, 5) is 4.23. The van der Waals surface area contributed by atoms with Gasteiger partial charge in [-0.15, -0.1) is 0 Å². The maximum atomic E-state index is 13.4. The van der Waals surface area contributed by atoms with E-state index >= 15 is 0 Å². The molecule has 0 saturated carbocycles. The summed E-state index contributed by atoms with van der Waals surface area (Å²) in [7, 11) is 0. The summed E-state index contributed by atoms with van der Waals surface area (Å²) >= 11 is 0. The van der Waals surface area contributed by atoms with Crippen LogP contribution < -0.4 is 0 Å². The Bertz CT molecular complexity index is 463. The van der Waals surface area contributed by atoms with Crippen molar-refractivity contribution in [3.63, 3.8) is 0 Å². The third-order valence-electron chi connectivity index (χ3n) is 2.17. The van der Waals surface area contributed by atoms with Crippen LogP contribution in [0, 0.1) is 5.82 Å². The van der Waals surface area contributed by atoms with Gasteiger partial charge < -0.3 is 4.42 Å². The van der Waals surface area contributed by atoms with Gasteiger partial charge in [0.25, 0.3) is 0 Å². The first-order chi connectivity index (χ1) is 8.18. The molecule has 0 aliphatic heterocycles. The van der Waals surface area contributed by atoms with Crippen LogP contribution in [-0.4, -0.2) is 4.98 Å². The van der Waals surface area contributed by atoms with Crippen molar-refractivity contribution in [1.82, 2.24) is 4.98 Å². The Morgan fingerprint density at radius 1 is 1.18 bits per heavy atom. The van der Waals surface area contributed by atoms with Crippen molar-refractivity contribution in [1.29, 1.82) is 0 Å². The molecule has 3 heteroatoms. The van der Waals surface area contributed by atoms with Crippen LogP contribution in [0.1, 0.15) is 39.5 Å². The van der Waals surface area contributed by atoms with E-state index in [0.29, 0.717) is 17.1 Å².